The van der Waals surface area contributed by atoms with Crippen molar-refractivity contribution in [3.63, 3.8) is 0 Å². The largest absolute Gasteiger partial charge is 0.497 e. The minimum absolute atomic E-state index is 0.0199. The van der Waals surface area contributed by atoms with E-state index in [9.17, 15) is 35.1 Å². The summed E-state index contributed by atoms with van der Waals surface area (Å²) in [6.07, 6.45) is -9.58. The number of halogens is 1. The molecule has 2 fully saturated rings. The molecule has 1 spiro atoms. The lowest BCUT2D eigenvalue weighted by Gasteiger charge is -2.37. The van der Waals surface area contributed by atoms with Crippen molar-refractivity contribution in [1.29, 1.82) is 0 Å². The fourth-order valence-corrected chi connectivity index (χ4v) is 13.5. The number of carbonyl (C=O) groups is 3. The van der Waals surface area contributed by atoms with E-state index in [0.717, 1.165) is 10.8 Å². The maximum atomic E-state index is 15.3. The SMILES string of the molecule is COc1ccc([Si](C)(C)[C@H]2[C@H](CC(=O)N(CCO)Cc3ccccc3)O[C@@]3(C(=O)N(Cc4ccc(NC(=O)[C@H]5O[C@@H](O)[C@H](O)[C@@H](O)[C@@H]5O)cc4)c4ccc(Cl)cc43)[C@@H]2C)cc1. The first-order valence-electron chi connectivity index (χ1n) is 20.2. The fourth-order valence-electron chi connectivity index (χ4n) is 9.33. The van der Waals surface area contributed by atoms with E-state index in [4.69, 9.17) is 25.8 Å². The topological polar surface area (TPSA) is 199 Å². The van der Waals surface area contributed by atoms with E-state index in [1.54, 1.807) is 59.4 Å². The quantitative estimate of drug-likeness (QED) is 0.108. The Balaban J connectivity index is 1.19. The van der Waals surface area contributed by atoms with Gasteiger partial charge >= 0.3 is 0 Å². The number of aliphatic hydroxyl groups is 5. The van der Waals surface area contributed by atoms with Gasteiger partial charge in [0.05, 0.1) is 46.5 Å². The van der Waals surface area contributed by atoms with Crippen LogP contribution in [0, 0.1) is 5.92 Å². The zero-order valence-corrected chi connectivity index (χ0v) is 36.1. The lowest BCUT2D eigenvalue weighted by atomic mass is 9.82. The van der Waals surface area contributed by atoms with Crippen LogP contribution in [0.2, 0.25) is 23.7 Å². The van der Waals surface area contributed by atoms with E-state index in [1.807, 2.05) is 49.4 Å². The van der Waals surface area contributed by atoms with Gasteiger partial charge in [0.15, 0.2) is 18.0 Å². The van der Waals surface area contributed by atoms with E-state index in [2.05, 4.69) is 30.5 Å². The van der Waals surface area contributed by atoms with E-state index < -0.39 is 62.3 Å². The van der Waals surface area contributed by atoms with Crippen molar-refractivity contribution in [2.75, 3.05) is 30.5 Å². The third-order valence-electron chi connectivity index (χ3n) is 12.5. The standard InChI is InChI=1S/C45H52ClN3O11Si/c1-26-41(61(3,4)32-17-15-31(58-2)16-18-32)35(23-36(51)48(20-21-50)24-27-8-6-5-7-9-27)60-45(26)33-22-29(46)12-19-34(33)49(44(45)57)25-28-10-13-30(14-11-28)47-42(55)40-38(53)37(52)39(54)43(56)59-40/h5-19,22,26,35,37-41,43,50,52-54,56H,20-21,23-25H2,1-4H3,(H,47,55)/t26-,35+,37+,38+,39-,40+,41-,43-,45+/m1/s1. The molecule has 0 bridgehead atoms. The lowest BCUT2D eigenvalue weighted by Crippen LogP contribution is -2.60. The molecule has 16 heteroatoms. The van der Waals surface area contributed by atoms with Crippen LogP contribution in [0.1, 0.15) is 30.0 Å². The number of nitrogens with zero attached hydrogens (tertiary/aromatic N) is 2. The molecule has 0 radical (unpaired) electrons. The molecule has 3 amide bonds. The van der Waals surface area contributed by atoms with Crippen LogP contribution >= 0.6 is 11.6 Å². The van der Waals surface area contributed by atoms with Gasteiger partial charge in [-0.2, -0.15) is 0 Å². The number of hydrogen-bond acceptors (Lipinski definition) is 11. The number of nitrogens with one attached hydrogen (secondary N) is 1. The average molecular weight is 874 g/mol. The number of benzene rings is 4. The summed E-state index contributed by atoms with van der Waals surface area (Å²) in [5.74, 6) is -1.05. The Kier molecular flexibility index (Phi) is 13.1. The van der Waals surface area contributed by atoms with Crippen LogP contribution in [0.5, 0.6) is 5.75 Å². The zero-order chi connectivity index (χ0) is 43.8. The van der Waals surface area contributed by atoms with Gasteiger partial charge in [-0.3, -0.25) is 14.4 Å². The molecule has 2 saturated heterocycles. The molecule has 3 aliphatic rings. The van der Waals surface area contributed by atoms with Gasteiger partial charge in [-0.1, -0.05) is 91.4 Å². The van der Waals surface area contributed by atoms with Gasteiger partial charge in [-0.25, -0.2) is 0 Å². The summed E-state index contributed by atoms with van der Waals surface area (Å²) in [7, 11) is -0.995. The number of aliphatic hydroxyl groups excluding tert-OH is 5. The molecule has 61 heavy (non-hydrogen) atoms. The van der Waals surface area contributed by atoms with Crippen molar-refractivity contribution < 1.29 is 54.1 Å². The molecule has 0 aromatic heterocycles. The maximum Gasteiger partial charge on any atom is 0.264 e. The predicted molar refractivity (Wildman–Crippen MR) is 230 cm³/mol. The number of methoxy groups -OCH3 is 1. The number of anilines is 2. The summed E-state index contributed by atoms with van der Waals surface area (Å²) in [5, 5.41) is 54.2. The first kappa shape index (κ1) is 44.4. The molecule has 9 atom stereocenters. The van der Waals surface area contributed by atoms with Crippen molar-refractivity contribution in [3.8, 4) is 5.75 Å². The van der Waals surface area contributed by atoms with Crippen LogP contribution in [0.25, 0.3) is 0 Å². The first-order chi connectivity index (χ1) is 29.1. The van der Waals surface area contributed by atoms with Gasteiger partial charge in [0.2, 0.25) is 5.91 Å². The molecule has 4 aromatic carbocycles. The van der Waals surface area contributed by atoms with Gasteiger partial charge in [-0.15, -0.1) is 0 Å². The molecule has 3 aliphatic heterocycles. The normalized spacial score (nSPS) is 27.2. The van der Waals surface area contributed by atoms with Crippen LogP contribution in [-0.4, -0.2) is 113 Å². The van der Waals surface area contributed by atoms with Crippen molar-refractivity contribution >= 4 is 54.0 Å². The summed E-state index contributed by atoms with van der Waals surface area (Å²) in [4.78, 5) is 45.9. The van der Waals surface area contributed by atoms with Crippen molar-refractivity contribution in [2.45, 2.75) is 87.5 Å². The van der Waals surface area contributed by atoms with Crippen LogP contribution in [0.3, 0.4) is 0 Å². The first-order valence-corrected chi connectivity index (χ1v) is 23.7. The molecule has 6 N–H and O–H groups in total. The summed E-state index contributed by atoms with van der Waals surface area (Å²) >= 11 is 6.69. The highest BCUT2D eigenvalue weighted by Gasteiger charge is 2.66. The number of carbonyl (C=O) groups excluding carboxylic acids is 3. The molecule has 0 saturated carbocycles. The second-order valence-corrected chi connectivity index (χ2v) is 21.7. The maximum absolute atomic E-state index is 15.3. The van der Waals surface area contributed by atoms with E-state index in [-0.39, 0.29) is 43.5 Å². The minimum Gasteiger partial charge on any atom is -0.497 e. The Hall–Kier alpha value is -4.68. The second-order valence-electron chi connectivity index (χ2n) is 16.5. The highest BCUT2D eigenvalue weighted by molar-refractivity contribution is 6.91. The molecule has 7 rings (SSSR count). The van der Waals surface area contributed by atoms with Gasteiger partial charge in [-0.05, 0) is 59.1 Å². The average Bonchev–Trinajstić information content (AvgIpc) is 3.67. The highest BCUT2D eigenvalue weighted by atomic mass is 35.5. The van der Waals surface area contributed by atoms with Crippen LogP contribution in [-0.2, 0) is 42.5 Å². The lowest BCUT2D eigenvalue weighted by molar-refractivity contribution is -0.274. The van der Waals surface area contributed by atoms with Crippen LogP contribution in [0.15, 0.2) is 97.1 Å². The predicted octanol–water partition coefficient (Wildman–Crippen LogP) is 3.26. The Morgan fingerprint density at radius 2 is 1.61 bits per heavy atom. The number of ether oxygens (including phenoxy) is 3. The Bertz CT molecular complexity index is 2220. The molecule has 3 heterocycles. The van der Waals surface area contributed by atoms with Gasteiger partial charge in [0, 0.05) is 35.3 Å². The summed E-state index contributed by atoms with van der Waals surface area (Å²) in [6.45, 7) is 6.83. The van der Waals surface area contributed by atoms with E-state index in [1.165, 1.54) is 0 Å². The monoisotopic (exact) mass is 873 g/mol. The number of rotatable bonds is 13. The third-order valence-corrected chi connectivity index (χ3v) is 17.1. The molecular formula is C45H52ClN3O11Si. The summed E-state index contributed by atoms with van der Waals surface area (Å²) in [5.41, 5.74) is 1.42. The van der Waals surface area contributed by atoms with Crippen LogP contribution < -0.4 is 20.1 Å². The third kappa shape index (κ3) is 8.46. The molecule has 0 unspecified atom stereocenters. The molecule has 0 aliphatic carbocycles. The zero-order valence-electron chi connectivity index (χ0n) is 34.3. The number of fused-ring (bicyclic) bond motifs is 2. The highest BCUT2D eigenvalue weighted by Crippen LogP contribution is 2.60. The molecule has 324 valence electrons. The molecular weight excluding hydrogens is 822 g/mol. The Labute approximate surface area is 360 Å². The van der Waals surface area contributed by atoms with Gasteiger partial charge < -0.3 is 54.9 Å². The van der Waals surface area contributed by atoms with E-state index in [0.29, 0.717) is 39.8 Å². The van der Waals surface area contributed by atoms with Crippen LogP contribution in [0.4, 0.5) is 11.4 Å². The summed E-state index contributed by atoms with van der Waals surface area (Å²) < 4.78 is 17.7. The Morgan fingerprint density at radius 3 is 2.26 bits per heavy atom. The van der Waals surface area contributed by atoms with Gasteiger partial charge in [0.25, 0.3) is 11.8 Å². The second kappa shape index (κ2) is 18.0. The van der Waals surface area contributed by atoms with Crippen molar-refractivity contribution in [2.24, 2.45) is 5.92 Å². The van der Waals surface area contributed by atoms with Gasteiger partial charge in [0.1, 0.15) is 24.1 Å². The van der Waals surface area contributed by atoms with E-state index >= 15 is 4.79 Å². The van der Waals surface area contributed by atoms with Crippen molar-refractivity contribution in [3.05, 3.63) is 119 Å². The molecule has 14 nitrogen and oxygen atoms in total. The Morgan fingerprint density at radius 1 is 0.918 bits per heavy atom. The number of hydrogen-bond donors (Lipinski definition) is 6. The summed E-state index contributed by atoms with van der Waals surface area (Å²) in [6, 6.07) is 29.5. The minimum atomic E-state index is -2.61. The molecule has 4 aromatic rings. The van der Waals surface area contributed by atoms with Crippen molar-refractivity contribution in [1.82, 2.24) is 4.90 Å². The smallest absolute Gasteiger partial charge is 0.264 e. The fraction of sp³-hybridized carbons (Fsp3) is 0.400. The number of amides is 3.